The Hall–Kier alpha value is -1.61. The molecule has 0 spiro atoms. The monoisotopic (exact) mass is 285 g/mol. The highest BCUT2D eigenvalue weighted by atomic mass is 15.2. The van der Waals surface area contributed by atoms with Crippen LogP contribution in [-0.2, 0) is 6.54 Å². The summed E-state index contributed by atoms with van der Waals surface area (Å²) in [6.45, 7) is 10.7. The number of fused-ring (bicyclic) bond motifs is 1. The first-order chi connectivity index (χ1) is 10.0. The number of nitrogens with one attached hydrogen (secondary N) is 1. The van der Waals surface area contributed by atoms with E-state index in [0.717, 1.165) is 24.6 Å². The lowest BCUT2D eigenvalue weighted by molar-refractivity contribution is 0.503. The van der Waals surface area contributed by atoms with Gasteiger partial charge in [0.1, 0.15) is 5.82 Å². The number of anilines is 1. The molecule has 1 N–H and O–H groups in total. The minimum atomic E-state index is 0.454. The fourth-order valence-corrected chi connectivity index (χ4v) is 2.49. The van der Waals surface area contributed by atoms with Gasteiger partial charge in [0.05, 0.1) is 5.69 Å². The smallest absolute Gasteiger partial charge is 0.136 e. The van der Waals surface area contributed by atoms with Gasteiger partial charge in [-0.25, -0.2) is 4.98 Å². The molecular weight excluding hydrogens is 258 g/mol. The molecule has 21 heavy (non-hydrogen) atoms. The quantitative estimate of drug-likeness (QED) is 0.874. The summed E-state index contributed by atoms with van der Waals surface area (Å²) in [4.78, 5) is 7.21. The maximum absolute atomic E-state index is 4.91. The summed E-state index contributed by atoms with van der Waals surface area (Å²) < 4.78 is 0. The molecule has 0 aliphatic heterocycles. The molecule has 3 nitrogen and oxygen atoms in total. The highest BCUT2D eigenvalue weighted by Gasteiger charge is 2.17. The van der Waals surface area contributed by atoms with Gasteiger partial charge in [-0.05, 0) is 30.8 Å². The van der Waals surface area contributed by atoms with Crippen LogP contribution in [0.5, 0.6) is 0 Å². The molecule has 0 bridgehead atoms. The SMILES string of the molecule is CCNCc1cc2ccccc2c(N(C)C(C)C(C)C)n1. The fraction of sp³-hybridized carbons (Fsp3) is 0.500. The van der Waals surface area contributed by atoms with Gasteiger partial charge in [-0.3, -0.25) is 0 Å². The summed E-state index contributed by atoms with van der Waals surface area (Å²) in [5, 5.41) is 5.86. The zero-order valence-corrected chi connectivity index (χ0v) is 13.9. The van der Waals surface area contributed by atoms with Crippen molar-refractivity contribution < 1.29 is 0 Å². The second kappa shape index (κ2) is 6.90. The lowest BCUT2D eigenvalue weighted by Gasteiger charge is -2.30. The minimum absolute atomic E-state index is 0.454. The minimum Gasteiger partial charge on any atom is -0.356 e. The number of pyridine rings is 1. The molecule has 1 aromatic heterocycles. The van der Waals surface area contributed by atoms with Crippen LogP contribution in [0.15, 0.2) is 30.3 Å². The Bertz CT molecular complexity index is 592. The Balaban J connectivity index is 2.48. The van der Waals surface area contributed by atoms with Crippen molar-refractivity contribution in [2.75, 3.05) is 18.5 Å². The summed E-state index contributed by atoms with van der Waals surface area (Å²) >= 11 is 0. The third-order valence-corrected chi connectivity index (χ3v) is 4.24. The maximum Gasteiger partial charge on any atom is 0.136 e. The number of hydrogen-bond acceptors (Lipinski definition) is 3. The van der Waals surface area contributed by atoms with Crippen LogP contribution in [0.25, 0.3) is 10.8 Å². The van der Waals surface area contributed by atoms with Gasteiger partial charge in [-0.2, -0.15) is 0 Å². The van der Waals surface area contributed by atoms with Crippen molar-refractivity contribution in [3.05, 3.63) is 36.0 Å². The average molecular weight is 285 g/mol. The van der Waals surface area contributed by atoms with Crippen LogP contribution in [-0.4, -0.2) is 24.6 Å². The van der Waals surface area contributed by atoms with Crippen LogP contribution >= 0.6 is 0 Å². The molecule has 1 unspecified atom stereocenters. The van der Waals surface area contributed by atoms with Crippen molar-refractivity contribution >= 4 is 16.6 Å². The van der Waals surface area contributed by atoms with Gasteiger partial charge in [0.25, 0.3) is 0 Å². The van der Waals surface area contributed by atoms with Gasteiger partial charge in [-0.15, -0.1) is 0 Å². The molecule has 0 aliphatic carbocycles. The molecule has 0 saturated carbocycles. The van der Waals surface area contributed by atoms with E-state index in [1.165, 1.54) is 10.8 Å². The summed E-state index contributed by atoms with van der Waals surface area (Å²) in [5.41, 5.74) is 1.10. The van der Waals surface area contributed by atoms with Crippen molar-refractivity contribution in [2.45, 2.75) is 40.3 Å². The number of nitrogens with zero attached hydrogens (tertiary/aromatic N) is 2. The van der Waals surface area contributed by atoms with E-state index in [4.69, 9.17) is 4.98 Å². The first-order valence-electron chi connectivity index (χ1n) is 7.86. The molecule has 0 aliphatic rings. The van der Waals surface area contributed by atoms with Gasteiger partial charge >= 0.3 is 0 Å². The molecule has 0 amide bonds. The topological polar surface area (TPSA) is 28.2 Å². The van der Waals surface area contributed by atoms with Crippen LogP contribution < -0.4 is 10.2 Å². The van der Waals surface area contributed by atoms with Crippen LogP contribution in [0, 0.1) is 5.92 Å². The fourth-order valence-electron chi connectivity index (χ4n) is 2.49. The van der Waals surface area contributed by atoms with Crippen LogP contribution in [0.2, 0.25) is 0 Å². The lowest BCUT2D eigenvalue weighted by Crippen LogP contribution is -2.34. The molecule has 114 valence electrons. The number of rotatable bonds is 6. The molecule has 3 heteroatoms. The Labute approximate surface area is 128 Å². The normalized spacial score (nSPS) is 12.9. The van der Waals surface area contributed by atoms with E-state index >= 15 is 0 Å². The predicted octanol–water partition coefficient (Wildman–Crippen LogP) is 3.83. The van der Waals surface area contributed by atoms with E-state index in [-0.39, 0.29) is 0 Å². The van der Waals surface area contributed by atoms with Crippen molar-refractivity contribution in [3.8, 4) is 0 Å². The second-order valence-corrected chi connectivity index (χ2v) is 6.03. The van der Waals surface area contributed by atoms with Crippen molar-refractivity contribution in [1.29, 1.82) is 0 Å². The van der Waals surface area contributed by atoms with Crippen LogP contribution in [0.4, 0.5) is 5.82 Å². The predicted molar refractivity (Wildman–Crippen MR) is 91.8 cm³/mol. The molecule has 2 aromatic rings. The van der Waals surface area contributed by atoms with Gasteiger partial charge in [0.15, 0.2) is 0 Å². The Morgan fingerprint density at radius 2 is 1.90 bits per heavy atom. The van der Waals surface area contributed by atoms with Gasteiger partial charge in [0, 0.05) is 25.0 Å². The molecule has 0 fully saturated rings. The first-order valence-corrected chi connectivity index (χ1v) is 7.86. The Kier molecular flexibility index (Phi) is 5.18. The van der Waals surface area contributed by atoms with Crippen LogP contribution in [0.1, 0.15) is 33.4 Å². The van der Waals surface area contributed by atoms with E-state index in [1.54, 1.807) is 0 Å². The molecule has 0 radical (unpaired) electrons. The van der Waals surface area contributed by atoms with Gasteiger partial charge in [0.2, 0.25) is 0 Å². The van der Waals surface area contributed by atoms with E-state index in [1.807, 2.05) is 0 Å². The molecular formula is C18H27N3. The number of aromatic nitrogens is 1. The first kappa shape index (κ1) is 15.8. The molecule has 2 rings (SSSR count). The van der Waals surface area contributed by atoms with Gasteiger partial charge < -0.3 is 10.2 Å². The highest BCUT2D eigenvalue weighted by Crippen LogP contribution is 2.27. The molecule has 1 heterocycles. The van der Waals surface area contributed by atoms with Crippen molar-refractivity contribution in [3.63, 3.8) is 0 Å². The molecule has 1 atom stereocenters. The van der Waals surface area contributed by atoms with E-state index in [2.05, 4.69) is 75.3 Å². The molecule has 1 aromatic carbocycles. The number of benzene rings is 1. The summed E-state index contributed by atoms with van der Waals surface area (Å²) in [5.74, 6) is 1.68. The Morgan fingerprint density at radius 1 is 1.19 bits per heavy atom. The average Bonchev–Trinajstić information content (AvgIpc) is 2.50. The third kappa shape index (κ3) is 3.53. The van der Waals surface area contributed by atoms with E-state index < -0.39 is 0 Å². The van der Waals surface area contributed by atoms with Crippen LogP contribution in [0.3, 0.4) is 0 Å². The summed E-state index contributed by atoms with van der Waals surface area (Å²) in [6, 6.07) is 11.2. The molecule has 0 saturated heterocycles. The van der Waals surface area contributed by atoms with E-state index in [9.17, 15) is 0 Å². The zero-order chi connectivity index (χ0) is 15.4. The zero-order valence-electron chi connectivity index (χ0n) is 13.9. The van der Waals surface area contributed by atoms with E-state index in [0.29, 0.717) is 12.0 Å². The Morgan fingerprint density at radius 3 is 2.57 bits per heavy atom. The van der Waals surface area contributed by atoms with Gasteiger partial charge in [-0.1, -0.05) is 45.0 Å². The third-order valence-electron chi connectivity index (χ3n) is 4.24. The lowest BCUT2D eigenvalue weighted by atomic mass is 10.0. The standard InChI is InChI=1S/C18H27N3/c1-6-19-12-16-11-15-9-7-8-10-17(15)18(20-16)21(5)14(4)13(2)3/h7-11,13-14,19H,6,12H2,1-5H3. The highest BCUT2D eigenvalue weighted by molar-refractivity contribution is 5.92. The largest absolute Gasteiger partial charge is 0.356 e. The summed E-state index contributed by atoms with van der Waals surface area (Å²) in [6.07, 6.45) is 0. The second-order valence-electron chi connectivity index (χ2n) is 6.03. The number of hydrogen-bond donors (Lipinski definition) is 1. The summed E-state index contributed by atoms with van der Waals surface area (Å²) in [7, 11) is 2.15. The van der Waals surface area contributed by atoms with Crippen molar-refractivity contribution in [1.82, 2.24) is 10.3 Å². The maximum atomic E-state index is 4.91. The van der Waals surface area contributed by atoms with Crippen molar-refractivity contribution in [2.24, 2.45) is 5.92 Å².